The molecule has 0 fully saturated rings. The third-order valence-electron chi connectivity index (χ3n) is 3.18. The number of fused-ring (bicyclic) bond motifs is 1. The first-order chi connectivity index (χ1) is 10.0. The van der Waals surface area contributed by atoms with E-state index < -0.39 is 0 Å². The average molecular weight is 368 g/mol. The second-order valence-corrected chi connectivity index (χ2v) is 6.13. The van der Waals surface area contributed by atoms with Gasteiger partial charge in [0, 0.05) is 15.2 Å². The van der Waals surface area contributed by atoms with Gasteiger partial charge in [-0.1, -0.05) is 27.5 Å². The zero-order valence-electron chi connectivity index (χ0n) is 11.0. The normalized spacial score (nSPS) is 13.8. The molecule has 0 saturated carbocycles. The van der Waals surface area contributed by atoms with Crippen molar-refractivity contribution in [3.63, 3.8) is 0 Å². The molecule has 108 valence electrons. The van der Waals surface area contributed by atoms with Crippen molar-refractivity contribution in [1.29, 1.82) is 0 Å². The maximum Gasteiger partial charge on any atom is 0.265 e. The molecule has 2 aromatic carbocycles. The first-order valence-corrected chi connectivity index (χ1v) is 7.48. The van der Waals surface area contributed by atoms with Crippen LogP contribution >= 0.6 is 27.5 Å². The van der Waals surface area contributed by atoms with Crippen LogP contribution in [0.3, 0.4) is 0 Å². The summed E-state index contributed by atoms with van der Waals surface area (Å²) in [7, 11) is 0. The number of carbonyl (C=O) groups excluding carboxylic acids is 1. The molecule has 0 bridgehead atoms. The maximum atomic E-state index is 12.2. The van der Waals surface area contributed by atoms with Gasteiger partial charge in [-0.05, 0) is 42.0 Å². The monoisotopic (exact) mass is 366 g/mol. The predicted octanol–water partition coefficient (Wildman–Crippen LogP) is 3.61. The van der Waals surface area contributed by atoms with Crippen molar-refractivity contribution in [3.8, 4) is 5.75 Å². The number of halogens is 2. The van der Waals surface area contributed by atoms with E-state index in [-0.39, 0.29) is 12.5 Å². The lowest BCUT2D eigenvalue weighted by atomic mass is 10.1. The summed E-state index contributed by atoms with van der Waals surface area (Å²) < 4.78 is 6.30. The van der Waals surface area contributed by atoms with Crippen molar-refractivity contribution in [2.24, 2.45) is 0 Å². The number of nitrogen functional groups attached to an aromatic ring is 1. The van der Waals surface area contributed by atoms with Gasteiger partial charge in [-0.15, -0.1) is 0 Å². The van der Waals surface area contributed by atoms with E-state index in [1.807, 2.05) is 18.2 Å². The fourth-order valence-corrected chi connectivity index (χ4v) is 3.02. The molecule has 0 aromatic heterocycles. The van der Waals surface area contributed by atoms with Crippen LogP contribution in [-0.2, 0) is 11.3 Å². The Morgan fingerprint density at radius 1 is 1.29 bits per heavy atom. The SMILES string of the molecule is Nc1cc(Br)cc(CN2C(=O)COc3ccc(Cl)cc32)c1. The highest BCUT2D eigenvalue weighted by Gasteiger charge is 2.25. The van der Waals surface area contributed by atoms with E-state index >= 15 is 0 Å². The largest absolute Gasteiger partial charge is 0.482 e. The van der Waals surface area contributed by atoms with Gasteiger partial charge in [-0.25, -0.2) is 0 Å². The van der Waals surface area contributed by atoms with Gasteiger partial charge in [0.15, 0.2) is 6.61 Å². The van der Waals surface area contributed by atoms with E-state index in [1.165, 1.54) is 0 Å². The van der Waals surface area contributed by atoms with Crippen molar-refractivity contribution >= 4 is 44.8 Å². The number of ether oxygens (including phenoxy) is 1. The molecule has 21 heavy (non-hydrogen) atoms. The highest BCUT2D eigenvalue weighted by Crippen LogP contribution is 2.35. The van der Waals surface area contributed by atoms with E-state index in [0.717, 1.165) is 10.0 Å². The molecule has 0 spiro atoms. The van der Waals surface area contributed by atoms with Gasteiger partial charge < -0.3 is 15.4 Å². The van der Waals surface area contributed by atoms with Gasteiger partial charge in [-0.2, -0.15) is 0 Å². The Morgan fingerprint density at radius 3 is 2.86 bits per heavy atom. The highest BCUT2D eigenvalue weighted by molar-refractivity contribution is 9.10. The minimum Gasteiger partial charge on any atom is -0.482 e. The molecule has 0 unspecified atom stereocenters. The lowest BCUT2D eigenvalue weighted by Crippen LogP contribution is -2.38. The summed E-state index contributed by atoms with van der Waals surface area (Å²) in [5.74, 6) is 0.547. The molecule has 6 heteroatoms. The smallest absolute Gasteiger partial charge is 0.265 e. The molecule has 1 aliphatic rings. The summed E-state index contributed by atoms with van der Waals surface area (Å²) in [5, 5.41) is 0.561. The summed E-state index contributed by atoms with van der Waals surface area (Å²) in [6, 6.07) is 10.8. The predicted molar refractivity (Wildman–Crippen MR) is 86.7 cm³/mol. The summed E-state index contributed by atoms with van der Waals surface area (Å²) >= 11 is 9.43. The Kier molecular flexibility index (Phi) is 3.78. The molecule has 0 radical (unpaired) electrons. The van der Waals surface area contributed by atoms with Crippen LogP contribution < -0.4 is 15.4 Å². The molecule has 0 atom stereocenters. The van der Waals surface area contributed by atoms with E-state index in [9.17, 15) is 4.79 Å². The number of nitrogens with zero attached hydrogens (tertiary/aromatic N) is 1. The van der Waals surface area contributed by atoms with Crippen molar-refractivity contribution in [2.45, 2.75) is 6.54 Å². The molecule has 3 rings (SSSR count). The van der Waals surface area contributed by atoms with Gasteiger partial charge in [-0.3, -0.25) is 4.79 Å². The number of rotatable bonds is 2. The minimum atomic E-state index is -0.108. The fraction of sp³-hybridized carbons (Fsp3) is 0.133. The molecule has 4 nitrogen and oxygen atoms in total. The molecule has 2 N–H and O–H groups in total. The zero-order valence-corrected chi connectivity index (χ0v) is 13.3. The average Bonchev–Trinajstić information content (AvgIpc) is 2.41. The number of nitrogens with two attached hydrogens (primary N) is 1. The molecular weight excluding hydrogens is 356 g/mol. The van der Waals surface area contributed by atoms with Gasteiger partial charge >= 0.3 is 0 Å². The minimum absolute atomic E-state index is 0.0259. The number of hydrogen-bond acceptors (Lipinski definition) is 3. The third kappa shape index (κ3) is 2.99. The number of anilines is 2. The summed E-state index contributed by atoms with van der Waals surface area (Å²) in [6.07, 6.45) is 0. The Balaban J connectivity index is 1.98. The van der Waals surface area contributed by atoms with E-state index in [2.05, 4.69) is 15.9 Å². The molecule has 0 aliphatic carbocycles. The first kappa shape index (κ1) is 14.2. The quantitative estimate of drug-likeness (QED) is 0.825. The Bertz CT molecular complexity index is 701. The number of hydrogen-bond donors (Lipinski definition) is 1. The van der Waals surface area contributed by atoms with Crippen molar-refractivity contribution in [1.82, 2.24) is 0 Å². The number of amides is 1. The Hall–Kier alpha value is -1.72. The molecule has 0 saturated heterocycles. The number of carbonyl (C=O) groups is 1. The summed E-state index contributed by atoms with van der Waals surface area (Å²) in [6.45, 7) is 0.442. The first-order valence-electron chi connectivity index (χ1n) is 6.30. The van der Waals surface area contributed by atoms with Crippen LogP contribution in [0.4, 0.5) is 11.4 Å². The third-order valence-corrected chi connectivity index (χ3v) is 3.88. The van der Waals surface area contributed by atoms with Crippen molar-refractivity contribution < 1.29 is 9.53 Å². The lowest BCUT2D eigenvalue weighted by molar-refractivity contribution is -0.121. The van der Waals surface area contributed by atoms with Gasteiger partial charge in [0.25, 0.3) is 5.91 Å². The molecule has 1 aliphatic heterocycles. The highest BCUT2D eigenvalue weighted by atomic mass is 79.9. The molecular formula is C15H12BrClN2O2. The van der Waals surface area contributed by atoms with Crippen LogP contribution in [0.2, 0.25) is 5.02 Å². The van der Waals surface area contributed by atoms with Gasteiger partial charge in [0.1, 0.15) is 5.75 Å². The van der Waals surface area contributed by atoms with Crippen molar-refractivity contribution in [2.75, 3.05) is 17.2 Å². The van der Waals surface area contributed by atoms with Crippen LogP contribution in [0.15, 0.2) is 40.9 Å². The molecule has 2 aromatic rings. The summed E-state index contributed by atoms with van der Waals surface area (Å²) in [5.41, 5.74) is 8.09. The second kappa shape index (κ2) is 5.58. The van der Waals surface area contributed by atoms with E-state index in [0.29, 0.717) is 28.7 Å². The van der Waals surface area contributed by atoms with Gasteiger partial charge in [0.05, 0.1) is 12.2 Å². The lowest BCUT2D eigenvalue weighted by Gasteiger charge is -2.29. The standard InChI is InChI=1S/C15H12BrClN2O2/c16-10-3-9(4-12(18)5-10)7-19-13-6-11(17)1-2-14(13)21-8-15(19)20/h1-6H,7-8,18H2. The fourth-order valence-electron chi connectivity index (χ4n) is 2.30. The molecule has 1 heterocycles. The van der Waals surface area contributed by atoms with Crippen LogP contribution in [0, 0.1) is 0 Å². The Labute approximate surface area is 135 Å². The molecule has 1 amide bonds. The van der Waals surface area contributed by atoms with E-state index in [1.54, 1.807) is 23.1 Å². The van der Waals surface area contributed by atoms with Crippen molar-refractivity contribution in [3.05, 3.63) is 51.5 Å². The van der Waals surface area contributed by atoms with Crippen LogP contribution in [0.5, 0.6) is 5.75 Å². The zero-order chi connectivity index (χ0) is 15.0. The topological polar surface area (TPSA) is 55.6 Å². The second-order valence-electron chi connectivity index (χ2n) is 4.77. The van der Waals surface area contributed by atoms with Crippen LogP contribution in [-0.4, -0.2) is 12.5 Å². The van der Waals surface area contributed by atoms with E-state index in [4.69, 9.17) is 22.1 Å². The van der Waals surface area contributed by atoms with Gasteiger partial charge in [0.2, 0.25) is 0 Å². The Morgan fingerprint density at radius 2 is 2.10 bits per heavy atom. The summed E-state index contributed by atoms with van der Waals surface area (Å²) in [4.78, 5) is 13.8. The van der Waals surface area contributed by atoms with Crippen LogP contribution in [0.25, 0.3) is 0 Å². The maximum absolute atomic E-state index is 12.2. The van der Waals surface area contributed by atoms with Crippen LogP contribution in [0.1, 0.15) is 5.56 Å². The number of benzene rings is 2.